The fraction of sp³-hybridized carbons (Fsp3) is 0. The Bertz CT molecular complexity index is 2400. The zero-order chi connectivity index (χ0) is 29.0. The summed E-state index contributed by atoms with van der Waals surface area (Å²) in [6, 6.07) is 48.0. The average Bonchev–Trinajstić information content (AvgIpc) is 3.63. The third kappa shape index (κ3) is 4.11. The highest BCUT2D eigenvalue weighted by molar-refractivity contribution is 6.23. The zero-order valence-corrected chi connectivity index (χ0v) is 24.0. The van der Waals surface area contributed by atoms with E-state index in [1.54, 1.807) is 0 Å². The van der Waals surface area contributed by atoms with Crippen molar-refractivity contribution < 1.29 is 0 Å². The average molecular weight is 561 g/mol. The lowest BCUT2D eigenvalue weighted by Crippen LogP contribution is -1.79. The molecule has 0 fully saturated rings. The van der Waals surface area contributed by atoms with E-state index in [4.69, 9.17) is 0 Å². The van der Waals surface area contributed by atoms with Gasteiger partial charge < -0.3 is 9.97 Å². The van der Waals surface area contributed by atoms with Crippen molar-refractivity contribution in [2.24, 2.45) is 0 Å². The molecule has 44 heavy (non-hydrogen) atoms. The van der Waals surface area contributed by atoms with Gasteiger partial charge in [0.25, 0.3) is 0 Å². The molecule has 0 aliphatic rings. The Morgan fingerprint density at radius 2 is 0.727 bits per heavy atom. The van der Waals surface area contributed by atoms with Crippen molar-refractivity contribution in [1.29, 1.82) is 0 Å². The van der Waals surface area contributed by atoms with Crippen LogP contribution in [0.4, 0.5) is 0 Å². The monoisotopic (exact) mass is 560 g/mol. The molecule has 2 nitrogen and oxygen atoms in total. The molecule has 0 bridgehead atoms. The summed E-state index contributed by atoms with van der Waals surface area (Å²) < 4.78 is 0. The van der Waals surface area contributed by atoms with Gasteiger partial charge >= 0.3 is 0 Å². The Hall–Kier alpha value is -5.86. The molecule has 2 aromatic heterocycles. The van der Waals surface area contributed by atoms with E-state index in [2.05, 4.69) is 156 Å². The van der Waals surface area contributed by atoms with Gasteiger partial charge in [-0.25, -0.2) is 0 Å². The van der Waals surface area contributed by atoms with Crippen LogP contribution >= 0.6 is 0 Å². The summed E-state index contributed by atoms with van der Waals surface area (Å²) in [6.45, 7) is 0. The minimum atomic E-state index is 1.16. The van der Waals surface area contributed by atoms with E-state index < -0.39 is 0 Å². The van der Waals surface area contributed by atoms with Crippen molar-refractivity contribution in [3.8, 4) is 0 Å². The quantitative estimate of drug-likeness (QED) is 0.201. The molecule has 0 aliphatic heterocycles. The first kappa shape index (κ1) is 24.7. The Morgan fingerprint density at radius 1 is 0.318 bits per heavy atom. The summed E-state index contributed by atoms with van der Waals surface area (Å²) in [5, 5.41) is 9.94. The smallest absolute Gasteiger partial charge is 0.0544 e. The van der Waals surface area contributed by atoms with Crippen molar-refractivity contribution in [2.45, 2.75) is 0 Å². The standard InChI is InChI=1S/C42H28N2/c1-3-7-27(8-4-1)11-13-29-15-19-33-31(23-29)17-21-35-37-25-40-38(26-39(37)43-41(33)35)36-22-18-32-24-30(16-20-34(32)42(36)44-40)14-12-28-9-5-2-6-10-28/h1-26,43-44H/b13-11+,14-12+. The first-order chi connectivity index (χ1) is 21.8. The van der Waals surface area contributed by atoms with Crippen LogP contribution in [-0.4, -0.2) is 9.97 Å². The van der Waals surface area contributed by atoms with E-state index in [9.17, 15) is 0 Å². The van der Waals surface area contributed by atoms with E-state index >= 15 is 0 Å². The van der Waals surface area contributed by atoms with Gasteiger partial charge in [-0.1, -0.05) is 133 Å². The van der Waals surface area contributed by atoms with Crippen LogP contribution in [0.25, 0.3) is 89.5 Å². The maximum absolute atomic E-state index is 3.78. The summed E-state index contributed by atoms with van der Waals surface area (Å²) in [7, 11) is 0. The highest BCUT2D eigenvalue weighted by Gasteiger charge is 2.13. The fourth-order valence-electron chi connectivity index (χ4n) is 6.66. The Morgan fingerprint density at radius 3 is 1.18 bits per heavy atom. The van der Waals surface area contributed by atoms with Gasteiger partial charge in [0.15, 0.2) is 0 Å². The lowest BCUT2D eigenvalue weighted by Gasteiger charge is -2.02. The minimum absolute atomic E-state index is 1.16. The molecule has 9 rings (SSSR count). The molecule has 2 heteroatoms. The van der Waals surface area contributed by atoms with Gasteiger partial charge in [-0.05, 0) is 57.3 Å². The van der Waals surface area contributed by atoms with Crippen LogP contribution in [0, 0.1) is 0 Å². The second-order valence-electron chi connectivity index (χ2n) is 11.6. The predicted octanol–water partition coefficient (Wildman–Crippen LogP) is 11.6. The first-order valence-corrected chi connectivity index (χ1v) is 15.1. The Labute approximate surface area is 254 Å². The SMILES string of the molecule is C(=C\c1ccc2c(ccc3c4cc5[nH]c6c7ccc(/C=C/c8ccccc8)cc7ccc6c5cc4[nH]c23)c1)/c1ccccc1. The number of H-pyrrole nitrogens is 2. The Balaban J connectivity index is 1.12. The molecule has 0 radical (unpaired) electrons. The summed E-state index contributed by atoms with van der Waals surface area (Å²) in [4.78, 5) is 7.56. The summed E-state index contributed by atoms with van der Waals surface area (Å²) in [5.41, 5.74) is 9.51. The Kier molecular flexibility index (Phi) is 5.54. The molecule has 9 aromatic rings. The molecule has 2 N–H and O–H groups in total. The third-order valence-corrected chi connectivity index (χ3v) is 8.88. The molecule has 2 heterocycles. The van der Waals surface area contributed by atoms with Crippen molar-refractivity contribution in [1.82, 2.24) is 9.97 Å². The maximum atomic E-state index is 3.78. The molecule has 0 saturated carbocycles. The number of aromatic nitrogens is 2. The number of hydrogen-bond acceptors (Lipinski definition) is 0. The second kappa shape index (κ2) is 9.86. The highest BCUT2D eigenvalue weighted by atomic mass is 14.7. The third-order valence-electron chi connectivity index (χ3n) is 8.88. The maximum Gasteiger partial charge on any atom is 0.0544 e. The molecule has 0 atom stereocenters. The number of fused-ring (bicyclic) bond motifs is 10. The van der Waals surface area contributed by atoms with Gasteiger partial charge in [0.2, 0.25) is 0 Å². The highest BCUT2D eigenvalue weighted by Crippen LogP contribution is 2.38. The van der Waals surface area contributed by atoms with Gasteiger partial charge in [0.1, 0.15) is 0 Å². The number of benzene rings is 7. The van der Waals surface area contributed by atoms with Crippen molar-refractivity contribution in [2.75, 3.05) is 0 Å². The summed E-state index contributed by atoms with van der Waals surface area (Å²) in [6.07, 6.45) is 8.70. The van der Waals surface area contributed by atoms with Crippen molar-refractivity contribution in [3.05, 3.63) is 156 Å². The van der Waals surface area contributed by atoms with Crippen LogP contribution in [0.15, 0.2) is 133 Å². The first-order valence-electron chi connectivity index (χ1n) is 15.1. The number of nitrogens with one attached hydrogen (secondary N) is 2. The minimum Gasteiger partial charge on any atom is -0.354 e. The normalized spacial score (nSPS) is 12.4. The fourth-order valence-corrected chi connectivity index (χ4v) is 6.66. The lowest BCUT2D eigenvalue weighted by atomic mass is 10.0. The van der Waals surface area contributed by atoms with Gasteiger partial charge in [-0.2, -0.15) is 0 Å². The van der Waals surface area contributed by atoms with Crippen LogP contribution in [0.3, 0.4) is 0 Å². The van der Waals surface area contributed by atoms with Crippen molar-refractivity contribution in [3.63, 3.8) is 0 Å². The number of aromatic amines is 2. The van der Waals surface area contributed by atoms with Crippen molar-refractivity contribution >= 4 is 89.5 Å². The molecular formula is C42H28N2. The zero-order valence-electron chi connectivity index (χ0n) is 24.0. The summed E-state index contributed by atoms with van der Waals surface area (Å²) in [5.74, 6) is 0. The molecule has 0 amide bonds. The van der Waals surface area contributed by atoms with Gasteiger partial charge in [0.05, 0.1) is 11.0 Å². The van der Waals surface area contributed by atoms with Crippen LogP contribution in [-0.2, 0) is 0 Å². The topological polar surface area (TPSA) is 31.6 Å². The molecule has 0 spiro atoms. The van der Waals surface area contributed by atoms with Gasteiger partial charge in [-0.3, -0.25) is 0 Å². The van der Waals surface area contributed by atoms with Gasteiger partial charge in [0, 0.05) is 43.4 Å². The second-order valence-corrected chi connectivity index (χ2v) is 11.6. The molecular weight excluding hydrogens is 532 g/mol. The van der Waals surface area contributed by atoms with E-state index in [0.717, 1.165) is 11.0 Å². The van der Waals surface area contributed by atoms with Crippen LogP contribution in [0.1, 0.15) is 22.3 Å². The van der Waals surface area contributed by atoms with E-state index in [-0.39, 0.29) is 0 Å². The molecule has 0 aliphatic carbocycles. The van der Waals surface area contributed by atoms with E-state index in [0.29, 0.717) is 0 Å². The van der Waals surface area contributed by atoms with Crippen LogP contribution in [0.2, 0.25) is 0 Å². The van der Waals surface area contributed by atoms with Gasteiger partial charge in [-0.15, -0.1) is 0 Å². The molecule has 7 aromatic carbocycles. The number of hydrogen-bond donors (Lipinski definition) is 2. The van der Waals surface area contributed by atoms with Crippen LogP contribution in [0.5, 0.6) is 0 Å². The van der Waals surface area contributed by atoms with Crippen LogP contribution < -0.4 is 0 Å². The largest absolute Gasteiger partial charge is 0.354 e. The van der Waals surface area contributed by atoms with E-state index in [1.165, 1.54) is 76.4 Å². The molecule has 206 valence electrons. The molecule has 0 unspecified atom stereocenters. The lowest BCUT2D eigenvalue weighted by molar-refractivity contribution is 1.56. The predicted molar refractivity (Wildman–Crippen MR) is 191 cm³/mol. The summed E-state index contributed by atoms with van der Waals surface area (Å²) >= 11 is 0. The van der Waals surface area contributed by atoms with E-state index in [1.807, 2.05) is 12.1 Å². The number of rotatable bonds is 4. The molecule has 0 saturated heterocycles.